The van der Waals surface area contributed by atoms with Crippen molar-refractivity contribution in [1.29, 1.82) is 0 Å². The number of rotatable bonds is 6. The van der Waals surface area contributed by atoms with E-state index in [9.17, 15) is 5.11 Å². The Hall–Kier alpha value is -2.61. The second-order valence-corrected chi connectivity index (χ2v) is 6.24. The predicted molar refractivity (Wildman–Crippen MR) is 94.0 cm³/mol. The lowest BCUT2D eigenvalue weighted by molar-refractivity contribution is -0.0513. The second-order valence-electron chi connectivity index (χ2n) is 6.24. The van der Waals surface area contributed by atoms with Gasteiger partial charge in [0.05, 0.1) is 31.6 Å². The number of ether oxygens (including phenoxy) is 2. The van der Waals surface area contributed by atoms with Crippen molar-refractivity contribution in [1.82, 2.24) is 20.0 Å². The van der Waals surface area contributed by atoms with Crippen LogP contribution in [-0.2, 0) is 22.6 Å². The molecule has 1 saturated heterocycles. The molecule has 0 amide bonds. The Balaban J connectivity index is 1.41. The van der Waals surface area contributed by atoms with Gasteiger partial charge in [-0.3, -0.25) is 4.98 Å². The Kier molecular flexibility index (Phi) is 5.01. The van der Waals surface area contributed by atoms with Crippen LogP contribution in [0.1, 0.15) is 5.56 Å². The summed E-state index contributed by atoms with van der Waals surface area (Å²) in [4.78, 5) is 4.27. The minimum absolute atomic E-state index is 0.256. The third-order valence-corrected chi connectivity index (χ3v) is 4.34. The van der Waals surface area contributed by atoms with E-state index < -0.39 is 12.2 Å². The summed E-state index contributed by atoms with van der Waals surface area (Å²) >= 11 is 0. The third kappa shape index (κ3) is 3.80. The molecule has 1 aliphatic rings. The molecular formula is C19H20N4O3. The van der Waals surface area contributed by atoms with E-state index in [1.807, 2.05) is 54.7 Å². The summed E-state index contributed by atoms with van der Waals surface area (Å²) in [6.07, 6.45) is 2.20. The molecule has 1 aliphatic heterocycles. The van der Waals surface area contributed by atoms with Gasteiger partial charge in [-0.2, -0.15) is 0 Å². The molecular weight excluding hydrogens is 332 g/mol. The van der Waals surface area contributed by atoms with E-state index in [4.69, 9.17) is 9.47 Å². The van der Waals surface area contributed by atoms with Gasteiger partial charge >= 0.3 is 0 Å². The van der Waals surface area contributed by atoms with Gasteiger partial charge in [-0.1, -0.05) is 41.6 Å². The van der Waals surface area contributed by atoms with E-state index >= 15 is 0 Å². The number of aromatic nitrogens is 4. The number of aliphatic hydroxyl groups excluding tert-OH is 1. The molecule has 7 heteroatoms. The van der Waals surface area contributed by atoms with Crippen LogP contribution in [0, 0.1) is 0 Å². The van der Waals surface area contributed by atoms with Crippen molar-refractivity contribution in [2.45, 2.75) is 31.5 Å². The number of nitrogens with zero attached hydrogens (tertiary/aromatic N) is 4. The molecule has 2 aromatic heterocycles. The lowest BCUT2D eigenvalue weighted by Crippen LogP contribution is -2.35. The summed E-state index contributed by atoms with van der Waals surface area (Å²) in [6.45, 7) is 1.14. The van der Waals surface area contributed by atoms with Gasteiger partial charge in [0.25, 0.3) is 0 Å². The van der Waals surface area contributed by atoms with Crippen LogP contribution in [0.5, 0.6) is 0 Å². The fourth-order valence-electron chi connectivity index (χ4n) is 3.00. The molecule has 1 N–H and O–H groups in total. The SMILES string of the molecule is O[C@@H]1CO[C@H](Cn2cc(-c3ccccn3)nn2)[C@H]1OCc1ccccc1. The van der Waals surface area contributed by atoms with E-state index in [1.54, 1.807) is 10.9 Å². The van der Waals surface area contributed by atoms with Crippen molar-refractivity contribution in [3.8, 4) is 11.4 Å². The van der Waals surface area contributed by atoms with Gasteiger partial charge in [0.15, 0.2) is 0 Å². The molecule has 0 saturated carbocycles. The molecule has 0 unspecified atom stereocenters. The molecule has 3 heterocycles. The smallest absolute Gasteiger partial charge is 0.131 e. The molecule has 134 valence electrons. The first-order valence-electron chi connectivity index (χ1n) is 8.56. The predicted octanol–water partition coefficient (Wildman–Crippen LogP) is 1.69. The zero-order chi connectivity index (χ0) is 17.8. The maximum absolute atomic E-state index is 10.2. The number of aliphatic hydroxyl groups is 1. The van der Waals surface area contributed by atoms with Crippen LogP contribution in [0.15, 0.2) is 60.9 Å². The van der Waals surface area contributed by atoms with Crippen molar-refractivity contribution >= 4 is 0 Å². The molecule has 1 fully saturated rings. The molecule has 0 aliphatic carbocycles. The summed E-state index contributed by atoms with van der Waals surface area (Å²) in [5.41, 5.74) is 2.53. The maximum Gasteiger partial charge on any atom is 0.131 e. The van der Waals surface area contributed by atoms with Crippen LogP contribution in [0.25, 0.3) is 11.4 Å². The summed E-state index contributed by atoms with van der Waals surface area (Å²) in [6, 6.07) is 15.5. The summed E-state index contributed by atoms with van der Waals surface area (Å²) in [7, 11) is 0. The highest BCUT2D eigenvalue weighted by atomic mass is 16.6. The highest BCUT2D eigenvalue weighted by molar-refractivity contribution is 5.51. The third-order valence-electron chi connectivity index (χ3n) is 4.34. The van der Waals surface area contributed by atoms with E-state index in [-0.39, 0.29) is 12.7 Å². The van der Waals surface area contributed by atoms with E-state index in [2.05, 4.69) is 15.3 Å². The first kappa shape index (κ1) is 16.8. The summed E-state index contributed by atoms with van der Waals surface area (Å²) < 4.78 is 13.3. The van der Waals surface area contributed by atoms with Crippen molar-refractivity contribution in [3.05, 3.63) is 66.5 Å². The van der Waals surface area contributed by atoms with Crippen LogP contribution in [0.3, 0.4) is 0 Å². The molecule has 7 nitrogen and oxygen atoms in total. The first-order valence-corrected chi connectivity index (χ1v) is 8.56. The van der Waals surface area contributed by atoms with E-state index in [0.29, 0.717) is 18.8 Å². The van der Waals surface area contributed by atoms with E-state index in [1.165, 1.54) is 0 Å². The lowest BCUT2D eigenvalue weighted by atomic mass is 10.1. The molecule has 1 aromatic carbocycles. The summed E-state index contributed by atoms with van der Waals surface area (Å²) in [5, 5.41) is 18.5. The minimum Gasteiger partial charge on any atom is -0.388 e. The molecule has 3 aromatic rings. The van der Waals surface area contributed by atoms with E-state index in [0.717, 1.165) is 11.3 Å². The number of pyridine rings is 1. The second kappa shape index (κ2) is 7.74. The zero-order valence-electron chi connectivity index (χ0n) is 14.2. The number of benzene rings is 1. The largest absolute Gasteiger partial charge is 0.388 e. The standard InChI is InChI=1S/C19H20N4O3/c24-17-13-25-18(19(17)26-12-14-6-2-1-3-7-14)11-23-10-16(21-22-23)15-8-4-5-9-20-15/h1-10,17-19,24H,11-13H2/t17-,18-,19+/m1/s1. The quantitative estimate of drug-likeness (QED) is 0.727. The molecule has 3 atom stereocenters. The van der Waals surface area contributed by atoms with Gasteiger partial charge in [0, 0.05) is 6.20 Å². The fraction of sp³-hybridized carbons (Fsp3) is 0.316. The first-order chi connectivity index (χ1) is 12.8. The van der Waals surface area contributed by atoms with Crippen LogP contribution in [0.2, 0.25) is 0 Å². The van der Waals surface area contributed by atoms with Gasteiger partial charge in [-0.15, -0.1) is 5.10 Å². The van der Waals surface area contributed by atoms with Gasteiger partial charge in [0.2, 0.25) is 0 Å². The fourth-order valence-corrected chi connectivity index (χ4v) is 3.00. The van der Waals surface area contributed by atoms with Crippen LogP contribution in [0.4, 0.5) is 0 Å². The molecule has 4 rings (SSSR count). The minimum atomic E-state index is -0.650. The molecule has 0 bridgehead atoms. The van der Waals surface area contributed by atoms with Crippen LogP contribution in [-0.4, -0.2) is 50.0 Å². The monoisotopic (exact) mass is 352 g/mol. The summed E-state index contributed by atoms with van der Waals surface area (Å²) in [5.74, 6) is 0. The number of hydrogen-bond donors (Lipinski definition) is 1. The molecule has 26 heavy (non-hydrogen) atoms. The van der Waals surface area contributed by atoms with Crippen molar-refractivity contribution in [3.63, 3.8) is 0 Å². The zero-order valence-corrected chi connectivity index (χ0v) is 14.2. The van der Waals surface area contributed by atoms with Crippen molar-refractivity contribution < 1.29 is 14.6 Å². The topological polar surface area (TPSA) is 82.3 Å². The highest BCUT2D eigenvalue weighted by Crippen LogP contribution is 2.21. The van der Waals surface area contributed by atoms with Crippen molar-refractivity contribution in [2.75, 3.05) is 6.61 Å². The van der Waals surface area contributed by atoms with Gasteiger partial charge in [-0.25, -0.2) is 4.68 Å². The Morgan fingerprint density at radius 2 is 1.96 bits per heavy atom. The average Bonchev–Trinajstić information content (AvgIpc) is 3.29. The average molecular weight is 352 g/mol. The van der Waals surface area contributed by atoms with Crippen molar-refractivity contribution in [2.24, 2.45) is 0 Å². The maximum atomic E-state index is 10.2. The highest BCUT2D eigenvalue weighted by Gasteiger charge is 2.37. The lowest BCUT2D eigenvalue weighted by Gasteiger charge is -2.20. The Morgan fingerprint density at radius 3 is 2.77 bits per heavy atom. The molecule has 0 spiro atoms. The Morgan fingerprint density at radius 1 is 1.12 bits per heavy atom. The van der Waals surface area contributed by atoms with Crippen LogP contribution >= 0.6 is 0 Å². The van der Waals surface area contributed by atoms with Gasteiger partial charge in [-0.05, 0) is 17.7 Å². The molecule has 0 radical (unpaired) electrons. The normalized spacial score (nSPS) is 22.6. The Bertz CT molecular complexity index is 825. The van der Waals surface area contributed by atoms with Crippen LogP contribution < -0.4 is 0 Å². The van der Waals surface area contributed by atoms with Gasteiger partial charge in [0.1, 0.15) is 24.0 Å². The number of hydrogen-bond acceptors (Lipinski definition) is 6. The Labute approximate surface area is 151 Å². The van der Waals surface area contributed by atoms with Gasteiger partial charge < -0.3 is 14.6 Å².